The number of hydrogen-bond donors (Lipinski definition) is 1. The van der Waals surface area contributed by atoms with Crippen LogP contribution in [0.5, 0.6) is 0 Å². The smallest absolute Gasteiger partial charge is 0.0412 e. The Morgan fingerprint density at radius 1 is 1.25 bits per heavy atom. The first-order valence-corrected chi connectivity index (χ1v) is 9.32. The molecule has 0 spiro atoms. The zero-order chi connectivity index (χ0) is 14.2. The molecule has 1 aromatic carbocycles. The quantitative estimate of drug-likeness (QED) is 0.726. The first-order chi connectivity index (χ1) is 9.83. The Balaban J connectivity index is 1.97. The van der Waals surface area contributed by atoms with Gasteiger partial charge >= 0.3 is 0 Å². The van der Waals surface area contributed by atoms with Gasteiger partial charge in [0, 0.05) is 17.0 Å². The molecule has 2 heteroatoms. The lowest BCUT2D eigenvalue weighted by atomic mass is 10.0. The molecule has 0 aromatic heterocycles. The summed E-state index contributed by atoms with van der Waals surface area (Å²) in [7, 11) is 0. The van der Waals surface area contributed by atoms with E-state index in [1.807, 2.05) is 0 Å². The Hall–Kier alpha value is -0.470. The van der Waals surface area contributed by atoms with Gasteiger partial charge in [0.2, 0.25) is 0 Å². The van der Waals surface area contributed by atoms with Gasteiger partial charge in [-0.15, -0.1) is 0 Å². The number of nitrogens with one attached hydrogen (secondary N) is 1. The Bertz CT molecular complexity index is 385. The van der Waals surface area contributed by atoms with Crippen molar-refractivity contribution in [3.63, 3.8) is 0 Å². The topological polar surface area (TPSA) is 12.0 Å². The van der Waals surface area contributed by atoms with E-state index in [1.165, 1.54) is 49.0 Å². The molecule has 0 saturated heterocycles. The van der Waals surface area contributed by atoms with Gasteiger partial charge < -0.3 is 5.32 Å². The largest absolute Gasteiger partial charge is 0.309 e. The molecule has 1 aromatic rings. The molecular formula is C18H29NS. The average molecular weight is 292 g/mol. The number of hydrogen-bond acceptors (Lipinski definition) is 2. The number of benzene rings is 1. The van der Waals surface area contributed by atoms with Crippen molar-refractivity contribution in [1.82, 2.24) is 5.32 Å². The molecule has 0 bridgehead atoms. The molecule has 0 radical (unpaired) electrons. The van der Waals surface area contributed by atoms with E-state index in [4.69, 9.17) is 0 Å². The normalized spacial score (nSPS) is 17.5. The highest BCUT2D eigenvalue weighted by Crippen LogP contribution is 2.32. The highest BCUT2D eigenvalue weighted by Gasteiger charge is 2.18. The van der Waals surface area contributed by atoms with E-state index in [1.54, 1.807) is 0 Å². The van der Waals surface area contributed by atoms with Crippen LogP contribution in [0.2, 0.25) is 0 Å². The van der Waals surface area contributed by atoms with Gasteiger partial charge in [0.15, 0.2) is 0 Å². The van der Waals surface area contributed by atoms with E-state index in [0.717, 1.165) is 18.2 Å². The molecule has 0 aliphatic heterocycles. The molecule has 1 saturated carbocycles. The van der Waals surface area contributed by atoms with Gasteiger partial charge in [-0.1, -0.05) is 51.0 Å². The first kappa shape index (κ1) is 15.9. The van der Waals surface area contributed by atoms with Gasteiger partial charge in [-0.05, 0) is 43.4 Å². The molecule has 20 heavy (non-hydrogen) atoms. The fourth-order valence-electron chi connectivity index (χ4n) is 2.91. The molecule has 1 unspecified atom stereocenters. The maximum atomic E-state index is 3.74. The minimum Gasteiger partial charge on any atom is -0.309 e. The summed E-state index contributed by atoms with van der Waals surface area (Å²) in [5, 5.41) is 4.65. The van der Waals surface area contributed by atoms with E-state index in [9.17, 15) is 0 Å². The second-order valence-electron chi connectivity index (χ2n) is 5.85. The van der Waals surface area contributed by atoms with Crippen molar-refractivity contribution in [1.29, 1.82) is 0 Å². The van der Waals surface area contributed by atoms with Crippen molar-refractivity contribution in [2.75, 3.05) is 12.3 Å². The first-order valence-electron chi connectivity index (χ1n) is 8.27. The van der Waals surface area contributed by atoms with Crippen molar-refractivity contribution >= 4 is 11.8 Å². The molecule has 1 aliphatic rings. The van der Waals surface area contributed by atoms with Crippen LogP contribution in [-0.4, -0.2) is 17.5 Å². The molecule has 1 aliphatic carbocycles. The fourth-order valence-corrected chi connectivity index (χ4v) is 4.35. The highest BCUT2D eigenvalue weighted by atomic mass is 32.2. The molecule has 2 rings (SSSR count). The van der Waals surface area contributed by atoms with Crippen LogP contribution in [0.3, 0.4) is 0 Å². The third kappa shape index (κ3) is 4.82. The molecule has 112 valence electrons. The van der Waals surface area contributed by atoms with E-state index in [0.29, 0.717) is 6.04 Å². The molecule has 1 atom stereocenters. The summed E-state index contributed by atoms with van der Waals surface area (Å²) in [6.07, 6.45) is 8.08. The van der Waals surface area contributed by atoms with Crippen molar-refractivity contribution in [3.05, 3.63) is 35.4 Å². The van der Waals surface area contributed by atoms with Crippen LogP contribution in [0.25, 0.3) is 0 Å². The van der Waals surface area contributed by atoms with Crippen LogP contribution in [-0.2, 0) is 6.42 Å². The van der Waals surface area contributed by atoms with E-state index < -0.39 is 0 Å². The number of rotatable bonds is 8. The molecular weight excluding hydrogens is 262 g/mol. The van der Waals surface area contributed by atoms with Crippen LogP contribution < -0.4 is 5.32 Å². The second-order valence-corrected chi connectivity index (χ2v) is 7.18. The van der Waals surface area contributed by atoms with Crippen molar-refractivity contribution in [2.24, 2.45) is 0 Å². The van der Waals surface area contributed by atoms with E-state index in [2.05, 4.69) is 55.2 Å². The van der Waals surface area contributed by atoms with Gasteiger partial charge in [0.25, 0.3) is 0 Å². The lowest BCUT2D eigenvalue weighted by Gasteiger charge is -2.21. The van der Waals surface area contributed by atoms with Crippen molar-refractivity contribution < 1.29 is 0 Å². The van der Waals surface area contributed by atoms with E-state index >= 15 is 0 Å². The predicted octanol–water partition coefficient (Wildman–Crippen LogP) is 4.97. The zero-order valence-electron chi connectivity index (χ0n) is 13.0. The molecule has 1 fully saturated rings. The third-order valence-corrected chi connectivity index (χ3v) is 5.67. The lowest BCUT2D eigenvalue weighted by Crippen LogP contribution is -2.25. The summed E-state index contributed by atoms with van der Waals surface area (Å²) in [4.78, 5) is 0. The van der Waals surface area contributed by atoms with Crippen molar-refractivity contribution in [3.8, 4) is 0 Å². The van der Waals surface area contributed by atoms with Crippen LogP contribution >= 0.6 is 11.8 Å². The van der Waals surface area contributed by atoms with E-state index in [-0.39, 0.29) is 0 Å². The summed E-state index contributed by atoms with van der Waals surface area (Å²) < 4.78 is 0. The monoisotopic (exact) mass is 291 g/mol. The fraction of sp³-hybridized carbons (Fsp3) is 0.667. The summed E-state index contributed by atoms with van der Waals surface area (Å²) >= 11 is 2.19. The van der Waals surface area contributed by atoms with Gasteiger partial charge in [0.1, 0.15) is 0 Å². The number of thioether (sulfide) groups is 1. The van der Waals surface area contributed by atoms with Gasteiger partial charge in [-0.25, -0.2) is 0 Å². The maximum Gasteiger partial charge on any atom is 0.0412 e. The van der Waals surface area contributed by atoms with Gasteiger partial charge in [-0.3, -0.25) is 0 Å². The molecule has 0 heterocycles. The SMILES string of the molecule is CCCNC(CSC1CCCC1)c1cccc(CC)c1. The van der Waals surface area contributed by atoms with Gasteiger partial charge in [0.05, 0.1) is 0 Å². The summed E-state index contributed by atoms with van der Waals surface area (Å²) in [5.41, 5.74) is 2.93. The minimum absolute atomic E-state index is 0.520. The Morgan fingerprint density at radius 2 is 2.05 bits per heavy atom. The summed E-state index contributed by atoms with van der Waals surface area (Å²) in [5.74, 6) is 1.22. The van der Waals surface area contributed by atoms with Crippen LogP contribution in [0, 0.1) is 0 Å². The predicted molar refractivity (Wildman–Crippen MR) is 91.6 cm³/mol. The highest BCUT2D eigenvalue weighted by molar-refractivity contribution is 7.99. The molecule has 1 nitrogen and oxygen atoms in total. The Labute approximate surface area is 128 Å². The standard InChI is InChI=1S/C18H29NS/c1-3-12-19-18(14-20-17-10-5-6-11-17)16-9-7-8-15(4-2)13-16/h7-9,13,17-19H,3-6,10-12,14H2,1-2H3. The van der Waals surface area contributed by atoms with Gasteiger partial charge in [-0.2, -0.15) is 11.8 Å². The Kier molecular flexibility index (Phi) is 6.95. The second kappa shape index (κ2) is 8.74. The molecule has 0 amide bonds. The third-order valence-electron chi connectivity index (χ3n) is 4.20. The van der Waals surface area contributed by atoms with Crippen molar-refractivity contribution in [2.45, 2.75) is 63.7 Å². The Morgan fingerprint density at radius 3 is 2.75 bits per heavy atom. The summed E-state index contributed by atoms with van der Waals surface area (Å²) in [6.45, 7) is 5.60. The van der Waals surface area contributed by atoms with Crippen LogP contribution in [0.1, 0.15) is 63.1 Å². The average Bonchev–Trinajstić information content (AvgIpc) is 3.01. The van der Waals surface area contributed by atoms with Crippen LogP contribution in [0.4, 0.5) is 0 Å². The van der Waals surface area contributed by atoms with Crippen LogP contribution in [0.15, 0.2) is 24.3 Å². The lowest BCUT2D eigenvalue weighted by molar-refractivity contribution is 0.576. The molecule has 1 N–H and O–H groups in total. The summed E-state index contributed by atoms with van der Waals surface area (Å²) in [6, 6.07) is 9.66. The number of aryl methyl sites for hydroxylation is 1. The zero-order valence-corrected chi connectivity index (χ0v) is 13.8. The maximum absolute atomic E-state index is 3.74. The minimum atomic E-state index is 0.520.